The molecule has 0 aliphatic heterocycles. The van der Waals surface area contributed by atoms with Crippen LogP contribution in [0.3, 0.4) is 0 Å². The van der Waals surface area contributed by atoms with E-state index in [1.807, 2.05) is 0 Å². The first kappa shape index (κ1) is 21.8. The van der Waals surface area contributed by atoms with Crippen LogP contribution >= 0.6 is 7.92 Å². The molecule has 0 aliphatic carbocycles. The average molecular weight is 563 g/mol. The molecule has 4 heteroatoms. The summed E-state index contributed by atoms with van der Waals surface area (Å²) < 4.78 is 0. The fraction of sp³-hybridized carbons (Fsp3) is 0. The van der Waals surface area contributed by atoms with Gasteiger partial charge in [-0.2, -0.15) is 0 Å². The van der Waals surface area contributed by atoms with Gasteiger partial charge in [0, 0.05) is 12.4 Å². The SMILES string of the molecule is [Au+].[C-]#Cc1cnccn1.c1ccc([PH+](c2ccccc2)c2ccccc2)cc1. The van der Waals surface area contributed by atoms with E-state index in [1.54, 1.807) is 6.20 Å². The van der Waals surface area contributed by atoms with Crippen molar-refractivity contribution in [2.45, 2.75) is 0 Å². The molecule has 3 aromatic carbocycles. The molecular formula is C24H19AuN2P+. The maximum atomic E-state index is 6.59. The van der Waals surface area contributed by atoms with E-state index in [1.165, 1.54) is 28.3 Å². The largest absolute Gasteiger partial charge is 1.00 e. The second-order valence-corrected chi connectivity index (χ2v) is 8.17. The molecule has 0 spiro atoms. The molecule has 0 unspecified atom stereocenters. The van der Waals surface area contributed by atoms with Crippen molar-refractivity contribution in [3.8, 4) is 5.92 Å². The maximum Gasteiger partial charge on any atom is 1.00 e. The van der Waals surface area contributed by atoms with Gasteiger partial charge in [-0.15, -0.1) is 0 Å². The van der Waals surface area contributed by atoms with E-state index in [0.29, 0.717) is 5.69 Å². The zero-order chi connectivity index (χ0) is 18.7. The number of rotatable bonds is 3. The Balaban J connectivity index is 0.000000264. The van der Waals surface area contributed by atoms with Crippen LogP contribution in [0.1, 0.15) is 5.69 Å². The molecule has 2 nitrogen and oxygen atoms in total. The van der Waals surface area contributed by atoms with E-state index in [9.17, 15) is 0 Å². The molecule has 28 heavy (non-hydrogen) atoms. The molecule has 0 fully saturated rings. The molecule has 0 aliphatic rings. The zero-order valence-corrected chi connectivity index (χ0v) is 18.3. The van der Waals surface area contributed by atoms with Crippen LogP contribution in [0.2, 0.25) is 0 Å². The first-order valence-electron chi connectivity index (χ1n) is 8.60. The van der Waals surface area contributed by atoms with Gasteiger partial charge in [0.25, 0.3) is 0 Å². The van der Waals surface area contributed by atoms with Crippen molar-refractivity contribution < 1.29 is 22.4 Å². The summed E-state index contributed by atoms with van der Waals surface area (Å²) in [6.07, 6.45) is 11.2. The third-order valence-corrected chi connectivity index (χ3v) is 6.61. The summed E-state index contributed by atoms with van der Waals surface area (Å²) >= 11 is 0. The first-order chi connectivity index (χ1) is 13.4. The molecule has 0 radical (unpaired) electrons. The van der Waals surface area contributed by atoms with Crippen LogP contribution in [0.15, 0.2) is 110 Å². The summed E-state index contributed by atoms with van der Waals surface area (Å²) in [4.78, 5) is 7.45. The van der Waals surface area contributed by atoms with Crippen LogP contribution in [-0.2, 0) is 22.4 Å². The van der Waals surface area contributed by atoms with E-state index >= 15 is 0 Å². The first-order valence-corrected chi connectivity index (χ1v) is 10.1. The van der Waals surface area contributed by atoms with Crippen molar-refractivity contribution in [2.75, 3.05) is 0 Å². The van der Waals surface area contributed by atoms with Crippen LogP contribution < -0.4 is 15.9 Å². The van der Waals surface area contributed by atoms with Crippen LogP contribution in [0.4, 0.5) is 0 Å². The van der Waals surface area contributed by atoms with Crippen molar-refractivity contribution >= 4 is 23.8 Å². The minimum absolute atomic E-state index is 0. The van der Waals surface area contributed by atoms with Gasteiger partial charge in [0.2, 0.25) is 0 Å². The molecule has 1 aromatic heterocycles. The van der Waals surface area contributed by atoms with Crippen molar-refractivity contribution in [3.63, 3.8) is 0 Å². The van der Waals surface area contributed by atoms with Gasteiger partial charge in [-0.1, -0.05) is 54.6 Å². The van der Waals surface area contributed by atoms with Gasteiger partial charge in [0.1, 0.15) is 15.9 Å². The van der Waals surface area contributed by atoms with Crippen LogP contribution in [-0.4, -0.2) is 9.97 Å². The molecule has 1 heterocycles. The Kier molecular flexibility index (Phi) is 9.35. The second-order valence-electron chi connectivity index (χ2n) is 5.69. The minimum Gasteiger partial charge on any atom is -0.364 e. The molecule has 0 saturated heterocycles. The van der Waals surface area contributed by atoms with Gasteiger partial charge in [-0.3, -0.25) is 10.9 Å². The summed E-state index contributed by atoms with van der Waals surface area (Å²) in [5.41, 5.74) is 0.465. The molecule has 0 N–H and O–H groups in total. The van der Waals surface area contributed by atoms with Crippen LogP contribution in [0.5, 0.6) is 0 Å². The second kappa shape index (κ2) is 12.0. The van der Waals surface area contributed by atoms with Crippen molar-refractivity contribution in [2.24, 2.45) is 0 Å². The van der Waals surface area contributed by atoms with Crippen LogP contribution in [0, 0.1) is 12.3 Å². The zero-order valence-electron chi connectivity index (χ0n) is 15.1. The Bertz CT molecular complexity index is 879. The Hall–Kier alpha value is -2.53. The third kappa shape index (κ3) is 6.27. The standard InChI is InChI=1S/C18H15P.C6H3N2.Au/c1-4-10-16(11-5-1)19(17-12-6-2-7-13-17)18-14-8-3-9-15-18;1-2-6-5-7-3-4-8-6;/h1-15H;3-5H;/q;-1;+1/p+1. The molecular weight excluding hydrogens is 544 g/mol. The van der Waals surface area contributed by atoms with E-state index in [0.717, 1.165) is 0 Å². The quantitative estimate of drug-likeness (QED) is 0.165. The Morgan fingerprint density at radius 3 is 1.36 bits per heavy atom. The van der Waals surface area contributed by atoms with Crippen molar-refractivity contribution in [3.05, 3.63) is 122 Å². The summed E-state index contributed by atoms with van der Waals surface area (Å²) in [7, 11) is -0.877. The fourth-order valence-electron chi connectivity index (χ4n) is 2.68. The van der Waals surface area contributed by atoms with E-state index in [-0.39, 0.29) is 22.4 Å². The molecule has 0 saturated carbocycles. The Morgan fingerprint density at radius 2 is 1.07 bits per heavy atom. The van der Waals surface area contributed by atoms with Gasteiger partial charge < -0.3 is 11.4 Å². The van der Waals surface area contributed by atoms with E-state index < -0.39 is 7.92 Å². The Labute approximate surface area is 183 Å². The van der Waals surface area contributed by atoms with Gasteiger partial charge in [-0.05, 0) is 48.3 Å². The predicted octanol–water partition coefficient (Wildman–Crippen LogP) is 3.59. The normalized spacial score (nSPS) is 9.43. The Morgan fingerprint density at radius 1 is 0.643 bits per heavy atom. The maximum absolute atomic E-state index is 6.59. The van der Waals surface area contributed by atoms with E-state index in [2.05, 4.69) is 107 Å². The number of nitrogens with zero attached hydrogens (tertiary/aromatic N) is 2. The summed E-state index contributed by atoms with van der Waals surface area (Å²) in [6.45, 7) is 0. The third-order valence-electron chi connectivity index (χ3n) is 3.88. The summed E-state index contributed by atoms with van der Waals surface area (Å²) in [5, 5.41) is 4.31. The van der Waals surface area contributed by atoms with Gasteiger partial charge in [-0.25, -0.2) is 0 Å². The van der Waals surface area contributed by atoms with Crippen molar-refractivity contribution in [1.82, 2.24) is 9.97 Å². The van der Waals surface area contributed by atoms with Gasteiger partial charge in [0.05, 0.1) is 7.92 Å². The molecule has 0 atom stereocenters. The summed E-state index contributed by atoms with van der Waals surface area (Å²) in [5.74, 6) is 2.10. The van der Waals surface area contributed by atoms with Gasteiger partial charge >= 0.3 is 22.4 Å². The van der Waals surface area contributed by atoms with Crippen LogP contribution in [0.25, 0.3) is 0 Å². The molecule has 140 valence electrons. The minimum atomic E-state index is -0.877. The fourth-order valence-corrected chi connectivity index (χ4v) is 5.26. The monoisotopic (exact) mass is 563 g/mol. The van der Waals surface area contributed by atoms with Crippen molar-refractivity contribution in [1.29, 1.82) is 0 Å². The smallest absolute Gasteiger partial charge is 0.364 e. The molecule has 4 aromatic rings. The molecule has 0 amide bonds. The number of aromatic nitrogens is 2. The number of hydrogen-bond acceptors (Lipinski definition) is 2. The average Bonchev–Trinajstić information content (AvgIpc) is 2.77. The molecule has 4 rings (SSSR count). The molecule has 0 bridgehead atoms. The predicted molar refractivity (Wildman–Crippen MR) is 115 cm³/mol. The summed E-state index contributed by atoms with van der Waals surface area (Å²) in [6, 6.07) is 32.5. The number of hydrogen-bond donors (Lipinski definition) is 0. The van der Waals surface area contributed by atoms with E-state index in [4.69, 9.17) is 6.42 Å². The van der Waals surface area contributed by atoms with Gasteiger partial charge in [0.15, 0.2) is 0 Å². The number of benzene rings is 3. The topological polar surface area (TPSA) is 25.8 Å².